The Morgan fingerprint density at radius 3 is 2.75 bits per heavy atom. The van der Waals surface area contributed by atoms with Crippen molar-refractivity contribution >= 4 is 22.9 Å². The van der Waals surface area contributed by atoms with Crippen LogP contribution in [-0.4, -0.2) is 53.9 Å². The van der Waals surface area contributed by atoms with Crippen molar-refractivity contribution in [1.82, 2.24) is 19.7 Å². The van der Waals surface area contributed by atoms with Gasteiger partial charge in [-0.1, -0.05) is 18.2 Å². The summed E-state index contributed by atoms with van der Waals surface area (Å²) in [4.78, 5) is 12.6. The third-order valence-electron chi connectivity index (χ3n) is 6.89. The molecule has 9 heteroatoms. The van der Waals surface area contributed by atoms with E-state index < -0.39 is 11.2 Å². The molecule has 0 saturated heterocycles. The number of aliphatic hydroxyl groups excluding tert-OH is 1. The van der Waals surface area contributed by atoms with Gasteiger partial charge < -0.3 is 19.9 Å². The number of fused-ring (bicyclic) bond motifs is 2. The topological polar surface area (TPSA) is 102 Å². The highest BCUT2D eigenvalue weighted by atomic mass is 32.2. The highest BCUT2D eigenvalue weighted by molar-refractivity contribution is 7.91. The second-order valence-electron chi connectivity index (χ2n) is 8.90. The van der Waals surface area contributed by atoms with E-state index in [-0.39, 0.29) is 12.1 Å². The number of hydrogen-bond donors (Lipinski definition) is 2. The van der Waals surface area contributed by atoms with Crippen molar-refractivity contribution in [3.05, 3.63) is 53.5 Å². The zero-order valence-electron chi connectivity index (χ0n) is 17.8. The minimum atomic E-state index is -1.09. The van der Waals surface area contributed by atoms with Crippen molar-refractivity contribution in [2.24, 2.45) is 0 Å². The molecule has 0 unspecified atom stereocenters. The van der Waals surface area contributed by atoms with Gasteiger partial charge in [-0.3, -0.25) is 0 Å². The lowest BCUT2D eigenvalue weighted by Crippen LogP contribution is -2.49. The van der Waals surface area contributed by atoms with E-state index in [1.807, 2.05) is 29.1 Å². The van der Waals surface area contributed by atoms with Gasteiger partial charge in [0.2, 0.25) is 10.8 Å². The highest BCUT2D eigenvalue weighted by Gasteiger charge is 2.41. The highest BCUT2D eigenvalue weighted by Crippen LogP contribution is 2.39. The van der Waals surface area contributed by atoms with E-state index in [1.54, 1.807) is 0 Å². The molecule has 0 radical (unpaired) electrons. The maximum atomic E-state index is 12.7. The van der Waals surface area contributed by atoms with Gasteiger partial charge in [0.1, 0.15) is 11.4 Å². The summed E-state index contributed by atoms with van der Waals surface area (Å²) >= 11 is -1.09. The van der Waals surface area contributed by atoms with Crippen molar-refractivity contribution in [1.29, 1.82) is 0 Å². The number of nitrogens with one attached hydrogen (secondary N) is 1. The Labute approximate surface area is 189 Å². The van der Waals surface area contributed by atoms with Gasteiger partial charge in [-0.15, -0.1) is 0 Å². The van der Waals surface area contributed by atoms with Crippen LogP contribution in [0.1, 0.15) is 36.2 Å². The lowest BCUT2D eigenvalue weighted by Gasteiger charge is -2.41. The monoisotopic (exact) mass is 450 g/mol. The quantitative estimate of drug-likeness (QED) is 0.575. The molecule has 3 aromatic rings. The molecule has 1 atom stereocenters. The summed E-state index contributed by atoms with van der Waals surface area (Å²) in [6, 6.07) is 10.2. The van der Waals surface area contributed by atoms with Gasteiger partial charge in [0.15, 0.2) is 5.82 Å². The molecule has 1 aromatic carbocycles. The van der Waals surface area contributed by atoms with Crippen molar-refractivity contribution in [3.8, 4) is 5.69 Å². The molecule has 4 heterocycles. The number of nitrogens with zero attached hydrogens (tertiary/aromatic N) is 5. The first-order valence-electron chi connectivity index (χ1n) is 11.2. The third kappa shape index (κ3) is 3.27. The second-order valence-corrected chi connectivity index (χ2v) is 10.4. The Balaban J connectivity index is 1.32. The average Bonchev–Trinajstić information content (AvgIpc) is 3.40. The molecular weight excluding hydrogens is 424 g/mol. The fourth-order valence-electron chi connectivity index (χ4n) is 4.88. The van der Waals surface area contributed by atoms with Gasteiger partial charge in [-0.25, -0.2) is 9.67 Å². The van der Waals surface area contributed by atoms with Crippen molar-refractivity contribution in [2.75, 3.05) is 29.1 Å². The number of benzene rings is 1. The molecular formula is C23H26N6O2S. The third-order valence-corrected chi connectivity index (χ3v) is 8.35. The summed E-state index contributed by atoms with van der Waals surface area (Å²) in [5.74, 6) is 1.89. The number of hydrogen-bond acceptors (Lipinski definition) is 7. The SMILES string of the molecule is [O-][S@+]1CCc2nc(N3CCc4c(cnn4-c4ccccc4)C3)nc(NC3(CO)CCC3)c21. The van der Waals surface area contributed by atoms with Crippen LogP contribution in [0.4, 0.5) is 11.8 Å². The fourth-order valence-corrected chi connectivity index (χ4v) is 6.19. The summed E-state index contributed by atoms with van der Waals surface area (Å²) in [5, 5.41) is 18.0. The van der Waals surface area contributed by atoms with Crippen molar-refractivity contribution in [3.63, 3.8) is 0 Å². The van der Waals surface area contributed by atoms with Crippen LogP contribution in [0.25, 0.3) is 5.69 Å². The van der Waals surface area contributed by atoms with Crippen LogP contribution in [-0.2, 0) is 30.6 Å². The van der Waals surface area contributed by atoms with E-state index in [2.05, 4.69) is 27.4 Å². The first-order chi connectivity index (χ1) is 15.7. The first kappa shape index (κ1) is 20.0. The normalized spacial score (nSPS) is 21.1. The predicted molar refractivity (Wildman–Crippen MR) is 123 cm³/mol. The Morgan fingerprint density at radius 1 is 1.16 bits per heavy atom. The smallest absolute Gasteiger partial charge is 0.228 e. The van der Waals surface area contributed by atoms with Gasteiger partial charge in [-0.05, 0) is 42.6 Å². The largest absolute Gasteiger partial charge is 0.611 e. The van der Waals surface area contributed by atoms with Crippen LogP contribution >= 0.6 is 0 Å². The van der Waals surface area contributed by atoms with Crippen molar-refractivity contribution in [2.45, 2.75) is 49.1 Å². The van der Waals surface area contributed by atoms with Gasteiger partial charge >= 0.3 is 0 Å². The molecule has 2 aromatic heterocycles. The molecule has 2 aliphatic heterocycles. The van der Waals surface area contributed by atoms with Crippen LogP contribution in [0.5, 0.6) is 0 Å². The Morgan fingerprint density at radius 2 is 2.00 bits per heavy atom. The van der Waals surface area contributed by atoms with Crippen LogP contribution in [0.2, 0.25) is 0 Å². The molecule has 166 valence electrons. The van der Waals surface area contributed by atoms with E-state index in [0.29, 0.717) is 30.5 Å². The molecule has 6 rings (SSSR count). The first-order valence-corrected chi connectivity index (χ1v) is 12.5. The van der Waals surface area contributed by atoms with E-state index >= 15 is 0 Å². The summed E-state index contributed by atoms with van der Waals surface area (Å²) < 4.78 is 14.7. The number of aliphatic hydroxyl groups is 1. The molecule has 0 bridgehead atoms. The van der Waals surface area contributed by atoms with E-state index in [0.717, 1.165) is 48.5 Å². The van der Waals surface area contributed by atoms with Crippen LogP contribution in [0.3, 0.4) is 0 Å². The standard InChI is InChI=1S/C23H26N6O2S/c30-15-23(9-4-10-23)27-21-20-18(8-12-32(20)31)25-22(26-21)28-11-7-19-16(14-28)13-24-29(19)17-5-2-1-3-6-17/h1-3,5-6,13,30H,4,7-12,14-15H2,(H,25,26,27)/t32-/m1/s1. The van der Waals surface area contributed by atoms with E-state index in [9.17, 15) is 9.66 Å². The Kier molecular flexibility index (Phi) is 4.85. The van der Waals surface area contributed by atoms with Crippen LogP contribution < -0.4 is 10.2 Å². The molecule has 32 heavy (non-hydrogen) atoms. The Hall–Kier alpha value is -2.62. The Bertz CT molecular complexity index is 1140. The lowest BCUT2D eigenvalue weighted by atomic mass is 9.77. The van der Waals surface area contributed by atoms with Gasteiger partial charge in [0, 0.05) is 31.5 Å². The summed E-state index contributed by atoms with van der Waals surface area (Å²) in [6.07, 6.45) is 6.36. The molecule has 1 fully saturated rings. The molecule has 1 saturated carbocycles. The van der Waals surface area contributed by atoms with Gasteiger partial charge in [0.25, 0.3) is 0 Å². The molecule has 0 amide bonds. The lowest BCUT2D eigenvalue weighted by molar-refractivity contribution is 0.143. The van der Waals surface area contributed by atoms with E-state index in [1.165, 1.54) is 11.3 Å². The maximum absolute atomic E-state index is 12.7. The summed E-state index contributed by atoms with van der Waals surface area (Å²) in [7, 11) is 0. The number of rotatable bonds is 5. The number of aryl methyl sites for hydroxylation is 1. The predicted octanol–water partition coefficient (Wildman–Crippen LogP) is 2.22. The summed E-state index contributed by atoms with van der Waals surface area (Å²) in [5.41, 5.74) is 3.99. The molecule has 3 aliphatic rings. The minimum absolute atomic E-state index is 0.0550. The zero-order chi connectivity index (χ0) is 21.7. The summed E-state index contributed by atoms with van der Waals surface area (Å²) in [6.45, 7) is 1.53. The van der Waals surface area contributed by atoms with Crippen LogP contribution in [0, 0.1) is 0 Å². The van der Waals surface area contributed by atoms with Crippen molar-refractivity contribution < 1.29 is 9.66 Å². The average molecular weight is 451 g/mol. The number of anilines is 2. The maximum Gasteiger partial charge on any atom is 0.228 e. The fraction of sp³-hybridized carbons (Fsp3) is 0.435. The minimum Gasteiger partial charge on any atom is -0.611 e. The molecule has 2 N–H and O–H groups in total. The second kappa shape index (κ2) is 7.75. The van der Waals surface area contributed by atoms with Gasteiger partial charge in [0.05, 0.1) is 29.7 Å². The number of para-hydroxylation sites is 1. The zero-order valence-corrected chi connectivity index (χ0v) is 18.6. The van der Waals surface area contributed by atoms with Gasteiger partial charge in [-0.2, -0.15) is 10.1 Å². The molecule has 8 nitrogen and oxygen atoms in total. The number of aromatic nitrogens is 4. The molecule has 1 aliphatic carbocycles. The van der Waals surface area contributed by atoms with Crippen LogP contribution in [0.15, 0.2) is 41.4 Å². The van der Waals surface area contributed by atoms with E-state index in [4.69, 9.17) is 9.97 Å². The molecule has 0 spiro atoms.